The number of nitrogens with one attached hydrogen (secondary N) is 1. The quantitative estimate of drug-likeness (QED) is 0.615. The second-order valence-electron chi connectivity index (χ2n) is 4.55. The van der Waals surface area contributed by atoms with Gasteiger partial charge in [-0.1, -0.05) is 39.7 Å². The maximum Gasteiger partial charge on any atom is 0.165 e. The molecule has 6 heteroatoms. The van der Waals surface area contributed by atoms with Crippen LogP contribution in [0.5, 0.6) is 5.75 Å². The van der Waals surface area contributed by atoms with Crippen molar-refractivity contribution in [1.82, 2.24) is 5.43 Å². The Morgan fingerprint density at radius 3 is 2.67 bits per heavy atom. The van der Waals surface area contributed by atoms with Crippen LogP contribution in [0.1, 0.15) is 17.2 Å². The molecular formula is C15H15BrClFN2O. The Morgan fingerprint density at radius 1 is 1.33 bits per heavy atom. The van der Waals surface area contributed by atoms with Crippen molar-refractivity contribution in [3.05, 3.63) is 62.8 Å². The monoisotopic (exact) mass is 372 g/mol. The number of ether oxygens (including phenoxy) is 1. The summed E-state index contributed by atoms with van der Waals surface area (Å²) in [5, 5.41) is 0.638. The third-order valence-electron chi connectivity index (χ3n) is 3.22. The third kappa shape index (κ3) is 3.95. The molecule has 0 aliphatic rings. The summed E-state index contributed by atoms with van der Waals surface area (Å²) in [6.45, 7) is 0. The van der Waals surface area contributed by atoms with E-state index in [4.69, 9.17) is 22.2 Å². The molecule has 1 atom stereocenters. The van der Waals surface area contributed by atoms with Crippen molar-refractivity contribution in [2.45, 2.75) is 12.5 Å². The molecule has 0 heterocycles. The molecule has 112 valence electrons. The van der Waals surface area contributed by atoms with Gasteiger partial charge in [0.1, 0.15) is 0 Å². The minimum Gasteiger partial charge on any atom is -0.494 e. The zero-order valence-corrected chi connectivity index (χ0v) is 13.7. The van der Waals surface area contributed by atoms with E-state index in [0.29, 0.717) is 11.4 Å². The van der Waals surface area contributed by atoms with Gasteiger partial charge in [0.25, 0.3) is 0 Å². The molecule has 3 N–H and O–H groups in total. The summed E-state index contributed by atoms with van der Waals surface area (Å²) in [5.41, 5.74) is 4.36. The van der Waals surface area contributed by atoms with E-state index in [1.807, 2.05) is 18.2 Å². The predicted molar refractivity (Wildman–Crippen MR) is 85.9 cm³/mol. The van der Waals surface area contributed by atoms with Crippen LogP contribution in [0.15, 0.2) is 40.9 Å². The second-order valence-corrected chi connectivity index (χ2v) is 5.88. The number of halogens is 3. The second kappa shape index (κ2) is 7.22. The maximum atomic E-state index is 13.8. The van der Waals surface area contributed by atoms with Crippen LogP contribution in [0, 0.1) is 5.82 Å². The Kier molecular flexibility index (Phi) is 5.58. The summed E-state index contributed by atoms with van der Waals surface area (Å²) in [5.74, 6) is 5.38. The summed E-state index contributed by atoms with van der Waals surface area (Å²) in [6, 6.07) is 10.2. The zero-order valence-electron chi connectivity index (χ0n) is 11.4. The predicted octanol–water partition coefficient (Wildman–Crippen LogP) is 4.00. The lowest BCUT2D eigenvalue weighted by Gasteiger charge is -2.18. The van der Waals surface area contributed by atoms with Gasteiger partial charge in [-0.15, -0.1) is 0 Å². The molecular weight excluding hydrogens is 359 g/mol. The summed E-state index contributed by atoms with van der Waals surface area (Å²) in [4.78, 5) is 0. The average Bonchev–Trinajstić information content (AvgIpc) is 2.46. The first-order valence-electron chi connectivity index (χ1n) is 6.28. The fourth-order valence-electron chi connectivity index (χ4n) is 2.08. The summed E-state index contributed by atoms with van der Waals surface area (Å²) < 4.78 is 19.6. The van der Waals surface area contributed by atoms with E-state index in [2.05, 4.69) is 21.4 Å². The molecule has 0 spiro atoms. The van der Waals surface area contributed by atoms with Crippen molar-refractivity contribution in [3.63, 3.8) is 0 Å². The van der Waals surface area contributed by atoms with Crippen LogP contribution in [0.2, 0.25) is 5.02 Å². The van der Waals surface area contributed by atoms with Gasteiger partial charge >= 0.3 is 0 Å². The molecule has 0 aliphatic carbocycles. The Balaban J connectivity index is 2.25. The highest BCUT2D eigenvalue weighted by Gasteiger charge is 2.15. The number of rotatable bonds is 5. The summed E-state index contributed by atoms with van der Waals surface area (Å²) in [6.07, 6.45) is 0.550. The lowest BCUT2D eigenvalue weighted by molar-refractivity contribution is 0.385. The fourth-order valence-corrected chi connectivity index (χ4v) is 2.83. The SMILES string of the molecule is COc1ccc(C(Cc2ccc(Br)cc2Cl)NN)cc1F. The molecule has 2 rings (SSSR count). The topological polar surface area (TPSA) is 47.3 Å². The molecule has 0 saturated heterocycles. The fraction of sp³-hybridized carbons (Fsp3) is 0.200. The molecule has 2 aromatic rings. The van der Waals surface area contributed by atoms with E-state index in [0.717, 1.165) is 15.6 Å². The number of hydrogen-bond donors (Lipinski definition) is 2. The molecule has 0 fully saturated rings. The van der Waals surface area contributed by atoms with Crippen LogP contribution in [-0.2, 0) is 6.42 Å². The standard InChI is InChI=1S/C15H15BrClFN2O/c1-21-15-5-3-10(6-13(15)18)14(20-19)7-9-2-4-11(16)8-12(9)17/h2-6,8,14,20H,7,19H2,1H3. The van der Waals surface area contributed by atoms with Crippen molar-refractivity contribution in [3.8, 4) is 5.75 Å². The van der Waals surface area contributed by atoms with Gasteiger partial charge in [-0.2, -0.15) is 0 Å². The highest BCUT2D eigenvalue weighted by molar-refractivity contribution is 9.10. The first-order chi connectivity index (χ1) is 10.0. The molecule has 0 amide bonds. The van der Waals surface area contributed by atoms with Crippen LogP contribution < -0.4 is 16.0 Å². The lowest BCUT2D eigenvalue weighted by Crippen LogP contribution is -2.29. The lowest BCUT2D eigenvalue weighted by atomic mass is 9.99. The Morgan fingerprint density at radius 2 is 2.10 bits per heavy atom. The first kappa shape index (κ1) is 16.2. The molecule has 0 aromatic heterocycles. The van der Waals surface area contributed by atoms with E-state index in [1.54, 1.807) is 12.1 Å². The molecule has 1 unspecified atom stereocenters. The maximum absolute atomic E-state index is 13.8. The van der Waals surface area contributed by atoms with Crippen molar-refractivity contribution in [2.75, 3.05) is 7.11 Å². The number of hydrazine groups is 1. The van der Waals surface area contributed by atoms with Gasteiger partial charge in [0, 0.05) is 9.50 Å². The largest absolute Gasteiger partial charge is 0.494 e. The molecule has 0 radical (unpaired) electrons. The van der Waals surface area contributed by atoms with Crippen LogP contribution in [0.3, 0.4) is 0 Å². The van der Waals surface area contributed by atoms with E-state index in [-0.39, 0.29) is 11.8 Å². The molecule has 0 saturated carbocycles. The number of nitrogens with two attached hydrogens (primary N) is 1. The van der Waals surface area contributed by atoms with Crippen molar-refractivity contribution in [2.24, 2.45) is 5.84 Å². The van der Waals surface area contributed by atoms with Gasteiger partial charge in [0.05, 0.1) is 13.2 Å². The number of methoxy groups -OCH3 is 1. The van der Waals surface area contributed by atoms with Gasteiger partial charge in [-0.3, -0.25) is 11.3 Å². The highest BCUT2D eigenvalue weighted by Crippen LogP contribution is 2.28. The minimum atomic E-state index is -0.419. The Labute approximate surface area is 136 Å². The van der Waals surface area contributed by atoms with Gasteiger partial charge < -0.3 is 4.74 Å². The van der Waals surface area contributed by atoms with E-state index < -0.39 is 5.82 Å². The Bertz CT molecular complexity index is 639. The van der Waals surface area contributed by atoms with Crippen molar-refractivity contribution >= 4 is 27.5 Å². The van der Waals surface area contributed by atoms with Gasteiger partial charge in [-0.25, -0.2) is 4.39 Å². The van der Waals surface area contributed by atoms with Crippen LogP contribution in [-0.4, -0.2) is 7.11 Å². The summed E-state index contributed by atoms with van der Waals surface area (Å²) in [7, 11) is 1.43. The molecule has 2 aromatic carbocycles. The smallest absolute Gasteiger partial charge is 0.165 e. The summed E-state index contributed by atoms with van der Waals surface area (Å²) >= 11 is 9.57. The number of benzene rings is 2. The normalized spacial score (nSPS) is 12.2. The van der Waals surface area contributed by atoms with Gasteiger partial charge in [0.15, 0.2) is 11.6 Å². The first-order valence-corrected chi connectivity index (χ1v) is 7.45. The van der Waals surface area contributed by atoms with E-state index in [1.165, 1.54) is 13.2 Å². The van der Waals surface area contributed by atoms with Crippen LogP contribution in [0.4, 0.5) is 4.39 Å². The molecule has 21 heavy (non-hydrogen) atoms. The highest BCUT2D eigenvalue weighted by atomic mass is 79.9. The average molecular weight is 374 g/mol. The van der Waals surface area contributed by atoms with Crippen molar-refractivity contribution in [1.29, 1.82) is 0 Å². The molecule has 3 nitrogen and oxygen atoms in total. The molecule has 0 bridgehead atoms. The Hall–Kier alpha value is -1.14. The molecule has 0 aliphatic heterocycles. The minimum absolute atomic E-state index is 0.205. The zero-order chi connectivity index (χ0) is 15.4. The van der Waals surface area contributed by atoms with Gasteiger partial charge in [0.2, 0.25) is 0 Å². The van der Waals surface area contributed by atoms with E-state index >= 15 is 0 Å². The number of hydrogen-bond acceptors (Lipinski definition) is 3. The van der Waals surface area contributed by atoms with Crippen LogP contribution in [0.25, 0.3) is 0 Å². The van der Waals surface area contributed by atoms with Crippen molar-refractivity contribution < 1.29 is 9.13 Å². The third-order valence-corrected chi connectivity index (χ3v) is 4.06. The van der Waals surface area contributed by atoms with Gasteiger partial charge in [-0.05, 0) is 41.8 Å². The van der Waals surface area contributed by atoms with E-state index in [9.17, 15) is 4.39 Å². The van der Waals surface area contributed by atoms with Crippen LogP contribution >= 0.6 is 27.5 Å².